The Morgan fingerprint density at radius 2 is 2.10 bits per heavy atom. The quantitative estimate of drug-likeness (QED) is 0.627. The molecule has 1 atom stereocenters. The van der Waals surface area contributed by atoms with Crippen LogP contribution in [0.25, 0.3) is 0 Å². The highest BCUT2D eigenvalue weighted by atomic mass is 35.5. The maximum absolute atomic E-state index is 12.1. The van der Waals surface area contributed by atoms with Gasteiger partial charge in [0.05, 0.1) is 11.3 Å². The van der Waals surface area contributed by atoms with Crippen molar-refractivity contribution >= 4 is 39.2 Å². The van der Waals surface area contributed by atoms with Gasteiger partial charge in [0.1, 0.15) is 11.1 Å². The topological polar surface area (TPSA) is 63.7 Å². The normalized spacial score (nSPS) is 20.1. The first-order valence-corrected chi connectivity index (χ1v) is 8.53. The van der Waals surface area contributed by atoms with Crippen molar-refractivity contribution in [1.29, 1.82) is 0 Å². The third kappa shape index (κ3) is 3.25. The van der Waals surface area contributed by atoms with Crippen LogP contribution >= 0.6 is 23.2 Å². The van der Waals surface area contributed by atoms with Gasteiger partial charge in [-0.3, -0.25) is 0 Å². The van der Waals surface area contributed by atoms with E-state index in [1.54, 1.807) is 12.1 Å². The van der Waals surface area contributed by atoms with Gasteiger partial charge in [-0.2, -0.15) is 4.31 Å². The summed E-state index contributed by atoms with van der Waals surface area (Å²) in [4.78, 5) is 12.1. The molecule has 1 fully saturated rings. The largest absolute Gasteiger partial charge is 0.424 e. The summed E-state index contributed by atoms with van der Waals surface area (Å²) in [5.41, 5.74) is 0. The molecule has 0 spiro atoms. The first-order chi connectivity index (χ1) is 9.30. The lowest BCUT2D eigenvalue weighted by Crippen LogP contribution is -2.41. The van der Waals surface area contributed by atoms with Crippen molar-refractivity contribution in [3.63, 3.8) is 0 Å². The number of benzene rings is 1. The number of hydrogen-bond donors (Lipinski definition) is 0. The average Bonchev–Trinajstić information content (AvgIpc) is 2.84. The van der Waals surface area contributed by atoms with Crippen LogP contribution in [0.3, 0.4) is 0 Å². The maximum atomic E-state index is 12.1. The summed E-state index contributed by atoms with van der Waals surface area (Å²) in [6.45, 7) is 0.321. The first kappa shape index (κ1) is 15.6. The molecule has 0 saturated carbocycles. The SMILES string of the molecule is CS(=O)(=O)N1CCC[C@H]1C(=O)Oc1cccc(Cl)c1Cl. The van der Waals surface area contributed by atoms with Gasteiger partial charge in [-0.1, -0.05) is 29.3 Å². The lowest BCUT2D eigenvalue weighted by atomic mass is 10.2. The van der Waals surface area contributed by atoms with Gasteiger partial charge in [0.15, 0.2) is 5.75 Å². The third-order valence-corrected chi connectivity index (χ3v) is 5.12. The zero-order valence-corrected chi connectivity index (χ0v) is 13.0. The van der Waals surface area contributed by atoms with Crippen LogP contribution in [-0.2, 0) is 14.8 Å². The van der Waals surface area contributed by atoms with Crippen molar-refractivity contribution in [3.8, 4) is 5.75 Å². The molecular weight excluding hydrogens is 325 g/mol. The maximum Gasteiger partial charge on any atom is 0.329 e. The minimum absolute atomic E-state index is 0.129. The van der Waals surface area contributed by atoms with E-state index in [1.165, 1.54) is 6.07 Å². The highest BCUT2D eigenvalue weighted by Gasteiger charge is 2.38. The van der Waals surface area contributed by atoms with Gasteiger partial charge in [-0.15, -0.1) is 0 Å². The van der Waals surface area contributed by atoms with Crippen molar-refractivity contribution in [2.75, 3.05) is 12.8 Å². The molecule has 0 aliphatic carbocycles. The predicted octanol–water partition coefficient (Wildman–Crippen LogP) is 2.32. The number of carbonyl (C=O) groups is 1. The van der Waals surface area contributed by atoms with E-state index in [-0.39, 0.29) is 15.8 Å². The van der Waals surface area contributed by atoms with E-state index in [1.807, 2.05) is 0 Å². The minimum Gasteiger partial charge on any atom is -0.424 e. The smallest absolute Gasteiger partial charge is 0.329 e. The molecule has 0 aromatic heterocycles. The fraction of sp³-hybridized carbons (Fsp3) is 0.417. The van der Waals surface area contributed by atoms with Crippen molar-refractivity contribution in [1.82, 2.24) is 4.31 Å². The summed E-state index contributed by atoms with van der Waals surface area (Å²) >= 11 is 11.8. The zero-order chi connectivity index (χ0) is 14.9. The number of sulfonamides is 1. The van der Waals surface area contributed by atoms with Gasteiger partial charge in [-0.05, 0) is 25.0 Å². The second-order valence-electron chi connectivity index (χ2n) is 4.50. The Kier molecular flexibility index (Phi) is 4.59. The molecule has 1 aliphatic heterocycles. The highest BCUT2D eigenvalue weighted by Crippen LogP contribution is 2.32. The Hall–Kier alpha value is -0.820. The van der Waals surface area contributed by atoms with Crippen LogP contribution < -0.4 is 4.74 Å². The van der Waals surface area contributed by atoms with E-state index in [4.69, 9.17) is 27.9 Å². The van der Waals surface area contributed by atoms with Crippen LogP contribution in [0.5, 0.6) is 5.75 Å². The van der Waals surface area contributed by atoms with Gasteiger partial charge >= 0.3 is 5.97 Å². The van der Waals surface area contributed by atoms with Crippen LogP contribution in [-0.4, -0.2) is 37.5 Å². The van der Waals surface area contributed by atoms with E-state index in [2.05, 4.69) is 0 Å². The molecule has 1 saturated heterocycles. The van der Waals surface area contributed by atoms with Crippen molar-refractivity contribution in [2.45, 2.75) is 18.9 Å². The van der Waals surface area contributed by atoms with Crippen molar-refractivity contribution in [2.24, 2.45) is 0 Å². The van der Waals surface area contributed by atoms with Gasteiger partial charge in [0.2, 0.25) is 10.0 Å². The Balaban J connectivity index is 2.18. The molecule has 110 valence electrons. The summed E-state index contributed by atoms with van der Waals surface area (Å²) in [7, 11) is -3.43. The van der Waals surface area contributed by atoms with Gasteiger partial charge in [0, 0.05) is 6.54 Å². The number of halogens is 2. The number of carbonyl (C=O) groups excluding carboxylic acids is 1. The van der Waals surface area contributed by atoms with Crippen LogP contribution in [0.15, 0.2) is 18.2 Å². The molecule has 20 heavy (non-hydrogen) atoms. The molecule has 0 N–H and O–H groups in total. The Bertz CT molecular complexity index is 632. The number of nitrogens with zero attached hydrogens (tertiary/aromatic N) is 1. The third-order valence-electron chi connectivity index (χ3n) is 3.03. The second kappa shape index (κ2) is 5.89. The molecule has 1 aliphatic rings. The number of rotatable bonds is 3. The average molecular weight is 338 g/mol. The monoisotopic (exact) mass is 337 g/mol. The van der Waals surface area contributed by atoms with Crippen LogP contribution in [0.1, 0.15) is 12.8 Å². The van der Waals surface area contributed by atoms with E-state index in [9.17, 15) is 13.2 Å². The molecule has 2 rings (SSSR count). The molecular formula is C12H13Cl2NO4S. The Morgan fingerprint density at radius 3 is 2.75 bits per heavy atom. The molecule has 0 bridgehead atoms. The number of ether oxygens (including phenoxy) is 1. The Labute approximate surface area is 127 Å². The van der Waals surface area contributed by atoms with Crippen LogP contribution in [0, 0.1) is 0 Å². The van der Waals surface area contributed by atoms with Crippen molar-refractivity contribution in [3.05, 3.63) is 28.2 Å². The molecule has 0 radical (unpaired) electrons. The predicted molar refractivity (Wildman–Crippen MR) is 76.7 cm³/mol. The first-order valence-electron chi connectivity index (χ1n) is 5.93. The number of esters is 1. The summed E-state index contributed by atoms with van der Waals surface area (Å²) in [6.07, 6.45) is 2.13. The van der Waals surface area contributed by atoms with E-state index < -0.39 is 22.0 Å². The molecule has 0 amide bonds. The molecule has 0 unspecified atom stereocenters. The van der Waals surface area contributed by atoms with Gasteiger partial charge in [-0.25, -0.2) is 13.2 Å². The minimum atomic E-state index is -3.43. The fourth-order valence-corrected chi connectivity index (χ4v) is 3.56. The van der Waals surface area contributed by atoms with Crippen molar-refractivity contribution < 1.29 is 17.9 Å². The zero-order valence-electron chi connectivity index (χ0n) is 10.7. The van der Waals surface area contributed by atoms with E-state index in [0.717, 1.165) is 10.6 Å². The molecule has 8 heteroatoms. The Morgan fingerprint density at radius 1 is 1.40 bits per heavy atom. The highest BCUT2D eigenvalue weighted by molar-refractivity contribution is 7.88. The summed E-state index contributed by atoms with van der Waals surface area (Å²) in [5.74, 6) is -0.512. The molecule has 5 nitrogen and oxygen atoms in total. The molecule has 1 aromatic rings. The summed E-state index contributed by atoms with van der Waals surface area (Å²) in [6, 6.07) is 3.87. The molecule has 1 heterocycles. The lowest BCUT2D eigenvalue weighted by Gasteiger charge is -2.20. The fourth-order valence-electron chi connectivity index (χ4n) is 2.11. The van der Waals surface area contributed by atoms with E-state index in [0.29, 0.717) is 19.4 Å². The summed E-state index contributed by atoms with van der Waals surface area (Å²) < 4.78 is 29.5. The number of hydrogen-bond acceptors (Lipinski definition) is 4. The van der Waals surface area contributed by atoms with Crippen LogP contribution in [0.2, 0.25) is 10.0 Å². The van der Waals surface area contributed by atoms with E-state index >= 15 is 0 Å². The lowest BCUT2D eigenvalue weighted by molar-refractivity contribution is -0.137. The van der Waals surface area contributed by atoms with Gasteiger partial charge < -0.3 is 4.74 Å². The summed E-state index contributed by atoms with van der Waals surface area (Å²) in [5, 5.41) is 0.398. The van der Waals surface area contributed by atoms with Crippen LogP contribution in [0.4, 0.5) is 0 Å². The molecule has 1 aromatic carbocycles. The second-order valence-corrected chi connectivity index (χ2v) is 7.23. The van der Waals surface area contributed by atoms with Gasteiger partial charge in [0.25, 0.3) is 0 Å². The standard InChI is InChI=1S/C12H13Cl2NO4S/c1-20(17,18)15-7-3-5-9(15)12(16)19-10-6-2-4-8(13)11(10)14/h2,4,6,9H,3,5,7H2,1H3/t9-/m0/s1.